The lowest BCUT2D eigenvalue weighted by Gasteiger charge is -2.34. The summed E-state index contributed by atoms with van der Waals surface area (Å²) < 4.78 is 17.7. The summed E-state index contributed by atoms with van der Waals surface area (Å²) in [5, 5.41) is 0. The highest BCUT2D eigenvalue weighted by Gasteiger charge is 2.21. The minimum absolute atomic E-state index is 0.161. The molecular formula is C22H30N2O3. The van der Waals surface area contributed by atoms with Gasteiger partial charge in [-0.3, -0.25) is 9.80 Å². The van der Waals surface area contributed by atoms with Crippen molar-refractivity contribution in [2.75, 3.05) is 45.9 Å². The van der Waals surface area contributed by atoms with Crippen LogP contribution in [0.15, 0.2) is 46.9 Å². The van der Waals surface area contributed by atoms with Crippen LogP contribution in [0.25, 0.3) is 0 Å². The highest BCUT2D eigenvalue weighted by atomic mass is 16.5. The Bertz CT molecular complexity index is 674. The second-order valence-electron chi connectivity index (χ2n) is 7.44. The molecule has 0 amide bonds. The monoisotopic (exact) mass is 370 g/mol. The van der Waals surface area contributed by atoms with E-state index in [2.05, 4.69) is 21.9 Å². The Balaban J connectivity index is 1.17. The van der Waals surface area contributed by atoms with Gasteiger partial charge in [-0.2, -0.15) is 0 Å². The maximum Gasteiger partial charge on any atom is 0.133 e. The molecule has 1 atom stereocenters. The zero-order valence-electron chi connectivity index (χ0n) is 16.0. The molecule has 3 heterocycles. The van der Waals surface area contributed by atoms with Crippen LogP contribution < -0.4 is 4.74 Å². The van der Waals surface area contributed by atoms with Gasteiger partial charge in [0.1, 0.15) is 30.0 Å². The molecule has 27 heavy (non-hydrogen) atoms. The van der Waals surface area contributed by atoms with Gasteiger partial charge in [0.2, 0.25) is 0 Å². The molecule has 2 saturated heterocycles. The lowest BCUT2D eigenvalue weighted by molar-refractivity contribution is 0.000627. The lowest BCUT2D eigenvalue weighted by atomic mass is 10.1. The third-order valence-electron chi connectivity index (χ3n) is 5.44. The van der Waals surface area contributed by atoms with Crippen LogP contribution in [0.4, 0.5) is 0 Å². The van der Waals surface area contributed by atoms with Crippen molar-refractivity contribution in [3.8, 4) is 5.75 Å². The highest BCUT2D eigenvalue weighted by molar-refractivity contribution is 5.20. The first-order valence-corrected chi connectivity index (χ1v) is 10.2. The van der Waals surface area contributed by atoms with E-state index >= 15 is 0 Å². The summed E-state index contributed by atoms with van der Waals surface area (Å²) in [5.74, 6) is 3.01. The normalized spacial score (nSPS) is 22.0. The van der Waals surface area contributed by atoms with Crippen molar-refractivity contribution >= 4 is 0 Å². The Labute approximate surface area is 161 Å². The molecule has 1 aromatic carbocycles. The summed E-state index contributed by atoms with van der Waals surface area (Å²) in [6.07, 6.45) is 3.65. The number of piperazine rings is 1. The zero-order valence-corrected chi connectivity index (χ0v) is 16.0. The molecule has 0 aliphatic carbocycles. The van der Waals surface area contributed by atoms with Crippen molar-refractivity contribution in [2.24, 2.45) is 0 Å². The van der Waals surface area contributed by atoms with Gasteiger partial charge >= 0.3 is 0 Å². The number of rotatable bonds is 7. The molecule has 0 bridgehead atoms. The third-order valence-corrected chi connectivity index (χ3v) is 5.44. The fourth-order valence-electron chi connectivity index (χ4n) is 3.82. The van der Waals surface area contributed by atoms with E-state index in [1.165, 1.54) is 12.8 Å². The van der Waals surface area contributed by atoms with Crippen LogP contribution in [0.1, 0.15) is 36.9 Å². The van der Waals surface area contributed by atoms with Crippen LogP contribution in [-0.4, -0.2) is 55.7 Å². The van der Waals surface area contributed by atoms with Crippen LogP contribution in [0.5, 0.6) is 5.75 Å². The van der Waals surface area contributed by atoms with E-state index in [9.17, 15) is 0 Å². The predicted octanol–water partition coefficient (Wildman–Crippen LogP) is 3.72. The second-order valence-corrected chi connectivity index (χ2v) is 7.44. The molecule has 0 radical (unpaired) electrons. The summed E-state index contributed by atoms with van der Waals surface area (Å²) in [5.41, 5.74) is 0. The molecule has 1 aromatic heterocycles. The molecule has 2 aliphatic rings. The van der Waals surface area contributed by atoms with E-state index in [0.29, 0.717) is 0 Å². The van der Waals surface area contributed by atoms with E-state index < -0.39 is 0 Å². The van der Waals surface area contributed by atoms with Gasteiger partial charge in [-0.05, 0) is 43.5 Å². The molecule has 0 spiro atoms. The van der Waals surface area contributed by atoms with E-state index in [-0.39, 0.29) is 6.10 Å². The van der Waals surface area contributed by atoms with Crippen molar-refractivity contribution < 1.29 is 13.9 Å². The van der Waals surface area contributed by atoms with E-state index in [4.69, 9.17) is 13.9 Å². The Morgan fingerprint density at radius 1 is 0.926 bits per heavy atom. The van der Waals surface area contributed by atoms with E-state index in [1.807, 2.05) is 30.3 Å². The SMILES string of the molecule is c1ccc(OCCN2CCN(Cc3ccc([C@@H]4CCCCO4)o3)CC2)cc1. The highest BCUT2D eigenvalue weighted by Crippen LogP contribution is 2.29. The first kappa shape index (κ1) is 18.5. The van der Waals surface area contributed by atoms with Gasteiger partial charge in [0.05, 0.1) is 6.54 Å². The third kappa shape index (κ3) is 5.34. The zero-order chi connectivity index (χ0) is 18.3. The molecule has 0 unspecified atom stereocenters. The molecule has 2 aliphatic heterocycles. The molecule has 4 rings (SSSR count). The van der Waals surface area contributed by atoms with Crippen LogP contribution in [0, 0.1) is 0 Å². The first-order chi connectivity index (χ1) is 13.4. The van der Waals surface area contributed by atoms with Crippen molar-refractivity contribution in [1.82, 2.24) is 9.80 Å². The van der Waals surface area contributed by atoms with Gasteiger partial charge < -0.3 is 13.9 Å². The molecule has 2 aromatic rings. The standard InChI is InChI=1S/C22H30N2O3/c1-2-6-19(7-3-1)25-17-15-23-11-13-24(14-12-23)18-20-9-10-22(27-20)21-8-4-5-16-26-21/h1-3,6-7,9-10,21H,4-5,8,11-18H2/t21-/m0/s1. The van der Waals surface area contributed by atoms with Crippen LogP contribution in [0.2, 0.25) is 0 Å². The number of furan rings is 1. The summed E-state index contributed by atoms with van der Waals surface area (Å²) in [6, 6.07) is 14.3. The maximum absolute atomic E-state index is 6.07. The molecule has 146 valence electrons. The minimum Gasteiger partial charge on any atom is -0.492 e. The topological polar surface area (TPSA) is 38.1 Å². The van der Waals surface area contributed by atoms with Gasteiger partial charge in [-0.15, -0.1) is 0 Å². The Morgan fingerprint density at radius 3 is 2.52 bits per heavy atom. The number of nitrogens with zero attached hydrogens (tertiary/aromatic N) is 2. The lowest BCUT2D eigenvalue weighted by Crippen LogP contribution is -2.46. The molecule has 5 nitrogen and oxygen atoms in total. The molecule has 5 heteroatoms. The van der Waals surface area contributed by atoms with E-state index in [0.717, 1.165) is 76.2 Å². The molecular weight excluding hydrogens is 340 g/mol. The number of benzene rings is 1. The van der Waals surface area contributed by atoms with Crippen LogP contribution >= 0.6 is 0 Å². The minimum atomic E-state index is 0.161. The predicted molar refractivity (Wildman–Crippen MR) is 105 cm³/mol. The van der Waals surface area contributed by atoms with E-state index in [1.54, 1.807) is 0 Å². The number of hydrogen-bond acceptors (Lipinski definition) is 5. The second kappa shape index (κ2) is 9.40. The van der Waals surface area contributed by atoms with Crippen molar-refractivity contribution in [3.05, 3.63) is 54.0 Å². The number of ether oxygens (including phenoxy) is 2. The molecule has 2 fully saturated rings. The summed E-state index contributed by atoms with van der Waals surface area (Å²) in [6.45, 7) is 7.77. The smallest absolute Gasteiger partial charge is 0.133 e. The van der Waals surface area contributed by atoms with Gasteiger partial charge in [-0.1, -0.05) is 18.2 Å². The summed E-state index contributed by atoms with van der Waals surface area (Å²) >= 11 is 0. The Morgan fingerprint density at radius 2 is 1.74 bits per heavy atom. The quantitative estimate of drug-likeness (QED) is 0.743. The Kier molecular flexibility index (Phi) is 6.45. The summed E-state index contributed by atoms with van der Waals surface area (Å²) in [7, 11) is 0. The average molecular weight is 370 g/mol. The number of para-hydroxylation sites is 1. The number of hydrogen-bond donors (Lipinski definition) is 0. The largest absolute Gasteiger partial charge is 0.492 e. The average Bonchev–Trinajstić information content (AvgIpc) is 3.19. The van der Waals surface area contributed by atoms with Crippen LogP contribution in [-0.2, 0) is 11.3 Å². The van der Waals surface area contributed by atoms with Crippen molar-refractivity contribution in [2.45, 2.75) is 31.9 Å². The maximum atomic E-state index is 6.07. The Hall–Kier alpha value is -1.82. The van der Waals surface area contributed by atoms with Crippen LogP contribution in [0.3, 0.4) is 0 Å². The van der Waals surface area contributed by atoms with Gasteiger partial charge in [0.25, 0.3) is 0 Å². The first-order valence-electron chi connectivity index (χ1n) is 10.2. The molecule has 0 saturated carbocycles. The fourth-order valence-corrected chi connectivity index (χ4v) is 3.82. The van der Waals surface area contributed by atoms with Gasteiger partial charge in [-0.25, -0.2) is 0 Å². The fraction of sp³-hybridized carbons (Fsp3) is 0.545. The van der Waals surface area contributed by atoms with Crippen molar-refractivity contribution in [3.63, 3.8) is 0 Å². The van der Waals surface area contributed by atoms with Crippen molar-refractivity contribution in [1.29, 1.82) is 0 Å². The molecule has 0 N–H and O–H groups in total. The van der Waals surface area contributed by atoms with Gasteiger partial charge in [0.15, 0.2) is 0 Å². The summed E-state index contributed by atoms with van der Waals surface area (Å²) in [4.78, 5) is 4.95. The van der Waals surface area contributed by atoms with Gasteiger partial charge in [0, 0.05) is 39.3 Å².